The molecule has 0 saturated carbocycles. The van der Waals surface area contributed by atoms with Crippen molar-refractivity contribution in [1.82, 2.24) is 10.2 Å². The number of benzene rings is 1. The Morgan fingerprint density at radius 1 is 1.29 bits per heavy atom. The molecule has 1 aromatic rings. The number of halogens is 1. The lowest BCUT2D eigenvalue weighted by Crippen LogP contribution is -2.63. The first-order chi connectivity index (χ1) is 9.99. The first-order valence-corrected chi connectivity index (χ1v) is 7.75. The lowest BCUT2D eigenvalue weighted by molar-refractivity contribution is -0.152. The van der Waals surface area contributed by atoms with Gasteiger partial charge in [0.1, 0.15) is 12.1 Å². The first kappa shape index (κ1) is 15.8. The second-order valence-electron chi connectivity index (χ2n) is 5.37. The molecule has 0 radical (unpaired) electrons. The van der Waals surface area contributed by atoms with Gasteiger partial charge in [-0.15, -0.1) is 0 Å². The average molecular weight is 309 g/mol. The molecule has 0 aromatic heterocycles. The number of hydrogen-bond acceptors (Lipinski definition) is 2. The van der Waals surface area contributed by atoms with Crippen LogP contribution in [0.1, 0.15) is 45.2 Å². The van der Waals surface area contributed by atoms with E-state index >= 15 is 0 Å². The quantitative estimate of drug-likeness (QED) is 0.929. The minimum Gasteiger partial charge on any atom is -0.343 e. The fourth-order valence-electron chi connectivity index (χ4n) is 2.84. The molecule has 0 aliphatic carbocycles. The van der Waals surface area contributed by atoms with Crippen molar-refractivity contribution in [2.24, 2.45) is 0 Å². The Morgan fingerprint density at radius 3 is 2.57 bits per heavy atom. The Kier molecular flexibility index (Phi) is 4.88. The van der Waals surface area contributed by atoms with E-state index in [0.717, 1.165) is 5.56 Å². The van der Waals surface area contributed by atoms with Gasteiger partial charge in [0.15, 0.2) is 0 Å². The molecular weight excluding hydrogens is 288 g/mol. The Labute approximate surface area is 130 Å². The molecule has 3 unspecified atom stereocenters. The zero-order chi connectivity index (χ0) is 15.6. The number of nitrogens with zero attached hydrogens (tertiary/aromatic N) is 1. The van der Waals surface area contributed by atoms with Crippen molar-refractivity contribution in [3.63, 3.8) is 0 Å². The topological polar surface area (TPSA) is 49.4 Å². The van der Waals surface area contributed by atoms with Gasteiger partial charge in [-0.05, 0) is 37.5 Å². The van der Waals surface area contributed by atoms with Crippen molar-refractivity contribution in [1.29, 1.82) is 0 Å². The van der Waals surface area contributed by atoms with Crippen LogP contribution in [-0.2, 0) is 9.59 Å². The highest BCUT2D eigenvalue weighted by Crippen LogP contribution is 2.29. The highest BCUT2D eigenvalue weighted by atomic mass is 35.5. The summed E-state index contributed by atoms with van der Waals surface area (Å²) in [6.45, 7) is 5.76. The molecule has 1 aliphatic heterocycles. The van der Waals surface area contributed by atoms with E-state index in [2.05, 4.69) is 5.32 Å². The van der Waals surface area contributed by atoms with Gasteiger partial charge in [-0.1, -0.05) is 37.6 Å². The van der Waals surface area contributed by atoms with E-state index in [1.165, 1.54) is 0 Å². The van der Waals surface area contributed by atoms with Crippen LogP contribution in [0.4, 0.5) is 0 Å². The average Bonchev–Trinajstić information content (AvgIpc) is 2.48. The fraction of sp³-hybridized carbons (Fsp3) is 0.500. The van der Waals surface area contributed by atoms with Crippen LogP contribution in [-0.4, -0.2) is 28.8 Å². The van der Waals surface area contributed by atoms with Crippen LogP contribution in [0.25, 0.3) is 0 Å². The van der Waals surface area contributed by atoms with Gasteiger partial charge in [0.2, 0.25) is 11.8 Å². The van der Waals surface area contributed by atoms with Crippen molar-refractivity contribution in [3.8, 4) is 0 Å². The van der Waals surface area contributed by atoms with E-state index in [9.17, 15) is 9.59 Å². The standard InChI is InChI=1S/C16H21ClN2O2/c1-4-13-16(21)19(14(5-2)15(20)18-13)10(3)11-7-6-8-12(17)9-11/h6-10,13-14H,4-5H2,1-3H3,(H,18,20). The van der Waals surface area contributed by atoms with Crippen LogP contribution in [0.2, 0.25) is 5.02 Å². The number of hydrogen-bond donors (Lipinski definition) is 1. The van der Waals surface area contributed by atoms with Gasteiger partial charge in [0.05, 0.1) is 6.04 Å². The summed E-state index contributed by atoms with van der Waals surface area (Å²) in [6.07, 6.45) is 1.19. The molecule has 5 heteroatoms. The minimum absolute atomic E-state index is 0.0172. The highest BCUT2D eigenvalue weighted by molar-refractivity contribution is 6.30. The molecule has 21 heavy (non-hydrogen) atoms. The summed E-state index contributed by atoms with van der Waals surface area (Å²) >= 11 is 6.04. The van der Waals surface area contributed by atoms with Gasteiger partial charge in [-0.25, -0.2) is 0 Å². The SMILES string of the molecule is CCC1NC(=O)C(CC)N(C(C)c2cccc(Cl)c2)C1=O. The van der Waals surface area contributed by atoms with Crippen LogP contribution in [0, 0.1) is 0 Å². The van der Waals surface area contributed by atoms with Crippen LogP contribution >= 0.6 is 11.6 Å². The molecule has 2 rings (SSSR count). The number of amides is 2. The highest BCUT2D eigenvalue weighted by Gasteiger charge is 2.41. The summed E-state index contributed by atoms with van der Waals surface area (Å²) in [5, 5.41) is 3.44. The Bertz CT molecular complexity index is 547. The van der Waals surface area contributed by atoms with E-state index in [0.29, 0.717) is 17.9 Å². The number of rotatable bonds is 4. The molecule has 114 valence electrons. The molecule has 1 fully saturated rings. The molecule has 1 N–H and O–H groups in total. The minimum atomic E-state index is -0.429. The van der Waals surface area contributed by atoms with Gasteiger partial charge in [-0.2, -0.15) is 0 Å². The number of carbonyl (C=O) groups is 2. The second kappa shape index (κ2) is 6.48. The maximum absolute atomic E-state index is 12.6. The lowest BCUT2D eigenvalue weighted by atomic mass is 9.97. The van der Waals surface area contributed by atoms with Crippen LogP contribution < -0.4 is 5.32 Å². The van der Waals surface area contributed by atoms with Crippen LogP contribution in [0.3, 0.4) is 0 Å². The Balaban J connectivity index is 2.36. The summed E-state index contributed by atoms with van der Waals surface area (Å²) < 4.78 is 0. The monoisotopic (exact) mass is 308 g/mol. The summed E-state index contributed by atoms with van der Waals surface area (Å²) in [4.78, 5) is 26.6. The Hall–Kier alpha value is -1.55. The van der Waals surface area contributed by atoms with E-state index in [4.69, 9.17) is 11.6 Å². The third kappa shape index (κ3) is 3.05. The molecule has 1 aliphatic rings. The third-order valence-corrected chi connectivity index (χ3v) is 4.29. The molecular formula is C16H21ClN2O2. The van der Waals surface area contributed by atoms with Crippen molar-refractivity contribution < 1.29 is 9.59 Å². The maximum Gasteiger partial charge on any atom is 0.246 e. The van der Waals surface area contributed by atoms with E-state index in [1.54, 1.807) is 11.0 Å². The van der Waals surface area contributed by atoms with Crippen LogP contribution in [0.5, 0.6) is 0 Å². The number of nitrogens with one attached hydrogen (secondary N) is 1. The largest absolute Gasteiger partial charge is 0.343 e. The van der Waals surface area contributed by atoms with Crippen molar-refractivity contribution in [3.05, 3.63) is 34.9 Å². The van der Waals surface area contributed by atoms with E-state index < -0.39 is 12.1 Å². The van der Waals surface area contributed by atoms with Crippen molar-refractivity contribution in [2.45, 2.75) is 51.7 Å². The zero-order valence-electron chi connectivity index (χ0n) is 12.6. The molecule has 4 nitrogen and oxygen atoms in total. The zero-order valence-corrected chi connectivity index (χ0v) is 13.4. The molecule has 2 amide bonds. The molecule has 1 heterocycles. The van der Waals surface area contributed by atoms with Gasteiger partial charge >= 0.3 is 0 Å². The normalized spacial score (nSPS) is 23.9. The molecule has 1 saturated heterocycles. The first-order valence-electron chi connectivity index (χ1n) is 7.37. The third-order valence-electron chi connectivity index (χ3n) is 4.05. The molecule has 0 spiro atoms. The van der Waals surface area contributed by atoms with E-state index in [1.807, 2.05) is 39.0 Å². The summed E-state index contributed by atoms with van der Waals surface area (Å²) in [5.41, 5.74) is 0.943. The van der Waals surface area contributed by atoms with Crippen molar-refractivity contribution in [2.75, 3.05) is 0 Å². The van der Waals surface area contributed by atoms with Gasteiger partial charge in [0, 0.05) is 5.02 Å². The summed E-state index contributed by atoms with van der Waals surface area (Å²) in [6, 6.07) is 6.41. The smallest absolute Gasteiger partial charge is 0.246 e. The summed E-state index contributed by atoms with van der Waals surface area (Å²) in [7, 11) is 0. The number of piperazine rings is 1. The maximum atomic E-state index is 12.6. The van der Waals surface area contributed by atoms with Gasteiger partial charge < -0.3 is 10.2 Å². The van der Waals surface area contributed by atoms with Gasteiger partial charge in [0.25, 0.3) is 0 Å². The second-order valence-corrected chi connectivity index (χ2v) is 5.81. The Morgan fingerprint density at radius 2 is 2.00 bits per heavy atom. The summed E-state index contributed by atoms with van der Waals surface area (Å²) in [5.74, 6) is -0.0887. The molecule has 0 bridgehead atoms. The molecule has 3 atom stereocenters. The van der Waals surface area contributed by atoms with Crippen LogP contribution in [0.15, 0.2) is 24.3 Å². The molecule has 1 aromatic carbocycles. The lowest BCUT2D eigenvalue weighted by Gasteiger charge is -2.42. The predicted octanol–water partition coefficient (Wildman–Crippen LogP) is 2.92. The van der Waals surface area contributed by atoms with Crippen molar-refractivity contribution >= 4 is 23.4 Å². The predicted molar refractivity (Wildman–Crippen MR) is 83.0 cm³/mol. The number of carbonyl (C=O) groups excluding carboxylic acids is 2. The van der Waals surface area contributed by atoms with E-state index in [-0.39, 0.29) is 17.9 Å². The van der Waals surface area contributed by atoms with Gasteiger partial charge in [-0.3, -0.25) is 9.59 Å². The fourth-order valence-corrected chi connectivity index (χ4v) is 3.03.